The lowest BCUT2D eigenvalue weighted by atomic mass is 10.1. The number of rotatable bonds is 4. The molecule has 1 amide bonds. The second-order valence-corrected chi connectivity index (χ2v) is 5.71. The molecule has 0 bridgehead atoms. The first-order valence-electron chi connectivity index (χ1n) is 7.72. The SMILES string of the molecule is CCC1Oc2ccc(O)cc2N(CCN2CCCC2)C1=O. The Morgan fingerprint density at radius 1 is 1.29 bits per heavy atom. The Bertz CT molecular complexity index is 526. The first-order valence-corrected chi connectivity index (χ1v) is 7.72. The summed E-state index contributed by atoms with van der Waals surface area (Å²) in [4.78, 5) is 16.7. The van der Waals surface area contributed by atoms with Gasteiger partial charge in [-0.25, -0.2) is 0 Å². The highest BCUT2D eigenvalue weighted by Crippen LogP contribution is 2.37. The van der Waals surface area contributed by atoms with Crippen LogP contribution in [0, 0.1) is 0 Å². The topological polar surface area (TPSA) is 53.0 Å². The monoisotopic (exact) mass is 290 g/mol. The first kappa shape index (κ1) is 14.2. The van der Waals surface area contributed by atoms with Crippen LogP contribution in [0.4, 0.5) is 5.69 Å². The van der Waals surface area contributed by atoms with Gasteiger partial charge in [-0.1, -0.05) is 6.92 Å². The van der Waals surface area contributed by atoms with Gasteiger partial charge >= 0.3 is 0 Å². The van der Waals surface area contributed by atoms with Crippen LogP contribution in [-0.4, -0.2) is 48.2 Å². The summed E-state index contributed by atoms with van der Waals surface area (Å²) < 4.78 is 5.73. The van der Waals surface area contributed by atoms with E-state index in [2.05, 4.69) is 4.90 Å². The molecule has 0 aliphatic carbocycles. The Hall–Kier alpha value is -1.75. The van der Waals surface area contributed by atoms with E-state index in [0.717, 1.165) is 19.6 Å². The number of phenolic OH excluding ortho intramolecular Hbond substituents is 1. The van der Waals surface area contributed by atoms with Crippen LogP contribution in [0.15, 0.2) is 18.2 Å². The Morgan fingerprint density at radius 3 is 2.76 bits per heavy atom. The summed E-state index contributed by atoms with van der Waals surface area (Å²) in [6.45, 7) is 5.70. The molecule has 1 saturated heterocycles. The number of likely N-dealkylation sites (tertiary alicyclic amines) is 1. The summed E-state index contributed by atoms with van der Waals surface area (Å²) in [5.74, 6) is 0.835. The van der Waals surface area contributed by atoms with Crippen molar-refractivity contribution in [3.63, 3.8) is 0 Å². The largest absolute Gasteiger partial charge is 0.508 e. The quantitative estimate of drug-likeness (QED) is 0.921. The highest BCUT2D eigenvalue weighted by molar-refractivity contribution is 6.00. The van der Waals surface area contributed by atoms with Gasteiger partial charge in [-0.05, 0) is 44.5 Å². The van der Waals surface area contributed by atoms with Gasteiger partial charge in [-0.15, -0.1) is 0 Å². The number of nitrogens with zero attached hydrogens (tertiary/aromatic N) is 2. The molecule has 21 heavy (non-hydrogen) atoms. The molecule has 0 spiro atoms. The fourth-order valence-corrected chi connectivity index (χ4v) is 3.05. The van der Waals surface area contributed by atoms with E-state index in [0.29, 0.717) is 24.4 Å². The van der Waals surface area contributed by atoms with Gasteiger partial charge in [-0.3, -0.25) is 4.79 Å². The summed E-state index contributed by atoms with van der Waals surface area (Å²) >= 11 is 0. The van der Waals surface area contributed by atoms with Gasteiger partial charge in [0, 0.05) is 19.2 Å². The smallest absolute Gasteiger partial charge is 0.268 e. The molecular formula is C16H22N2O3. The minimum atomic E-state index is -0.416. The van der Waals surface area contributed by atoms with Crippen molar-refractivity contribution in [1.29, 1.82) is 0 Å². The minimum absolute atomic E-state index is 0.00482. The third-order valence-corrected chi connectivity index (χ3v) is 4.25. The maximum absolute atomic E-state index is 12.5. The van der Waals surface area contributed by atoms with Crippen molar-refractivity contribution in [3.05, 3.63) is 18.2 Å². The number of anilines is 1. The number of amides is 1. The molecule has 2 heterocycles. The lowest BCUT2D eigenvalue weighted by Crippen LogP contribution is -2.48. The van der Waals surface area contributed by atoms with Crippen molar-refractivity contribution in [2.75, 3.05) is 31.1 Å². The Labute approximate surface area is 125 Å². The summed E-state index contributed by atoms with van der Waals surface area (Å²) in [7, 11) is 0. The molecule has 114 valence electrons. The predicted molar refractivity (Wildman–Crippen MR) is 80.8 cm³/mol. The predicted octanol–water partition coefficient (Wildman–Crippen LogP) is 1.99. The van der Waals surface area contributed by atoms with Crippen LogP contribution < -0.4 is 9.64 Å². The number of aromatic hydroxyl groups is 1. The molecular weight excluding hydrogens is 268 g/mol. The lowest BCUT2D eigenvalue weighted by molar-refractivity contribution is -0.126. The third kappa shape index (κ3) is 2.83. The molecule has 1 N–H and O–H groups in total. The summed E-state index contributed by atoms with van der Waals surface area (Å²) in [5, 5.41) is 9.69. The number of hydrogen-bond donors (Lipinski definition) is 1. The van der Waals surface area contributed by atoms with Gasteiger partial charge in [0.05, 0.1) is 5.69 Å². The van der Waals surface area contributed by atoms with Crippen LogP contribution in [0.2, 0.25) is 0 Å². The van der Waals surface area contributed by atoms with E-state index in [1.54, 1.807) is 23.1 Å². The standard InChI is InChI=1S/C16H22N2O3/c1-2-14-16(20)18(10-9-17-7-3-4-8-17)13-11-12(19)5-6-15(13)21-14/h5-6,11,14,19H,2-4,7-10H2,1H3. The van der Waals surface area contributed by atoms with E-state index in [9.17, 15) is 9.90 Å². The molecule has 0 saturated carbocycles. The summed E-state index contributed by atoms with van der Waals surface area (Å²) in [6.07, 6.45) is 2.72. The van der Waals surface area contributed by atoms with Crippen molar-refractivity contribution in [2.45, 2.75) is 32.3 Å². The zero-order valence-electron chi connectivity index (χ0n) is 12.4. The van der Waals surface area contributed by atoms with Gasteiger partial charge in [0.25, 0.3) is 5.91 Å². The maximum atomic E-state index is 12.5. The summed E-state index contributed by atoms with van der Waals surface area (Å²) in [6, 6.07) is 4.95. The Morgan fingerprint density at radius 2 is 2.05 bits per heavy atom. The highest BCUT2D eigenvalue weighted by Gasteiger charge is 2.33. The van der Waals surface area contributed by atoms with Crippen molar-refractivity contribution >= 4 is 11.6 Å². The van der Waals surface area contributed by atoms with Gasteiger partial charge < -0.3 is 19.6 Å². The maximum Gasteiger partial charge on any atom is 0.268 e. The third-order valence-electron chi connectivity index (χ3n) is 4.25. The molecule has 3 rings (SSSR count). The van der Waals surface area contributed by atoms with Crippen LogP contribution in [0.1, 0.15) is 26.2 Å². The fraction of sp³-hybridized carbons (Fsp3) is 0.562. The lowest BCUT2D eigenvalue weighted by Gasteiger charge is -2.35. The van der Waals surface area contributed by atoms with Crippen LogP contribution in [0.3, 0.4) is 0 Å². The fourth-order valence-electron chi connectivity index (χ4n) is 3.05. The molecule has 1 atom stereocenters. The molecule has 1 aromatic rings. The van der Waals surface area contributed by atoms with Gasteiger partial charge in [0.15, 0.2) is 6.10 Å². The van der Waals surface area contributed by atoms with Crippen LogP contribution in [0.5, 0.6) is 11.5 Å². The van der Waals surface area contributed by atoms with Gasteiger partial charge in [0.1, 0.15) is 11.5 Å². The zero-order chi connectivity index (χ0) is 14.8. The van der Waals surface area contributed by atoms with Crippen LogP contribution in [0.25, 0.3) is 0 Å². The average molecular weight is 290 g/mol. The normalized spacial score (nSPS) is 22.2. The molecule has 5 heteroatoms. The first-order chi connectivity index (χ1) is 10.2. The molecule has 0 radical (unpaired) electrons. The number of hydrogen-bond acceptors (Lipinski definition) is 4. The van der Waals surface area contributed by atoms with Crippen LogP contribution >= 0.6 is 0 Å². The number of fused-ring (bicyclic) bond motifs is 1. The van der Waals surface area contributed by atoms with Crippen molar-refractivity contribution in [3.8, 4) is 11.5 Å². The van der Waals surface area contributed by atoms with Crippen molar-refractivity contribution in [1.82, 2.24) is 4.90 Å². The number of benzene rings is 1. The second kappa shape index (κ2) is 5.93. The summed E-state index contributed by atoms with van der Waals surface area (Å²) in [5.41, 5.74) is 0.684. The molecule has 5 nitrogen and oxygen atoms in total. The number of ether oxygens (including phenoxy) is 1. The molecule has 1 fully saturated rings. The zero-order valence-corrected chi connectivity index (χ0v) is 12.4. The molecule has 2 aliphatic rings. The van der Waals surface area contributed by atoms with E-state index >= 15 is 0 Å². The average Bonchev–Trinajstić information content (AvgIpc) is 2.99. The van der Waals surface area contributed by atoms with E-state index in [4.69, 9.17) is 4.74 Å². The van der Waals surface area contributed by atoms with E-state index in [1.807, 2.05) is 6.92 Å². The van der Waals surface area contributed by atoms with E-state index in [1.165, 1.54) is 12.8 Å². The van der Waals surface area contributed by atoms with Crippen molar-refractivity contribution in [2.24, 2.45) is 0 Å². The number of phenols is 1. The number of carbonyl (C=O) groups excluding carboxylic acids is 1. The van der Waals surface area contributed by atoms with Crippen molar-refractivity contribution < 1.29 is 14.6 Å². The highest BCUT2D eigenvalue weighted by atomic mass is 16.5. The Kier molecular flexibility index (Phi) is 4.01. The van der Waals surface area contributed by atoms with E-state index in [-0.39, 0.29) is 11.7 Å². The molecule has 2 aliphatic heterocycles. The van der Waals surface area contributed by atoms with E-state index < -0.39 is 6.10 Å². The molecule has 1 unspecified atom stereocenters. The minimum Gasteiger partial charge on any atom is -0.508 e. The molecule has 1 aromatic carbocycles. The van der Waals surface area contributed by atoms with Crippen LogP contribution in [-0.2, 0) is 4.79 Å². The molecule has 0 aromatic heterocycles. The van der Waals surface area contributed by atoms with Gasteiger partial charge in [-0.2, -0.15) is 0 Å². The Balaban J connectivity index is 1.81. The number of carbonyl (C=O) groups is 1. The van der Waals surface area contributed by atoms with Gasteiger partial charge in [0.2, 0.25) is 0 Å². The second-order valence-electron chi connectivity index (χ2n) is 5.71.